The van der Waals surface area contributed by atoms with Crippen molar-refractivity contribution in [1.29, 1.82) is 0 Å². The van der Waals surface area contributed by atoms with E-state index in [1.54, 1.807) is 23.1 Å². The number of anilines is 1. The van der Waals surface area contributed by atoms with E-state index < -0.39 is 18.6 Å². The standard InChI is InChI=1S/C29H31FN2O2/c1-2-3-5-12-24(20-30)29(34)32-18-9-15-26(27(32)22-10-6-4-7-11-22)28(33)31-25-17-16-21-13-8-14-23(21)19-25/h2-7,10-12,16-17,19,26-27H,1,8-9,13-15,18,20H2,(H,31,33)/b5-3-,24-12+/t26-,27-/m0/s1. The fourth-order valence-corrected chi connectivity index (χ4v) is 5.05. The van der Waals surface area contributed by atoms with Gasteiger partial charge in [-0.1, -0.05) is 67.3 Å². The number of amides is 2. The SMILES string of the molecule is C=C/C=C\C=C(/CF)C(=O)N1CCC[C@H](C(=O)Nc2ccc3c(c2)CCC3)[C@@H]1c1ccccc1. The highest BCUT2D eigenvalue weighted by molar-refractivity contribution is 5.97. The molecule has 1 saturated heterocycles. The van der Waals surface area contributed by atoms with Crippen molar-refractivity contribution >= 4 is 17.5 Å². The molecule has 4 rings (SSSR count). The van der Waals surface area contributed by atoms with E-state index in [1.165, 1.54) is 17.2 Å². The molecule has 1 aliphatic heterocycles. The highest BCUT2D eigenvalue weighted by Crippen LogP contribution is 2.38. The zero-order valence-electron chi connectivity index (χ0n) is 19.4. The van der Waals surface area contributed by atoms with Crippen LogP contribution in [0, 0.1) is 5.92 Å². The number of carbonyl (C=O) groups is 2. The highest BCUT2D eigenvalue weighted by Gasteiger charge is 2.40. The lowest BCUT2D eigenvalue weighted by Crippen LogP contribution is -2.47. The molecule has 2 amide bonds. The number of benzene rings is 2. The van der Waals surface area contributed by atoms with Gasteiger partial charge in [0.15, 0.2) is 0 Å². The summed E-state index contributed by atoms with van der Waals surface area (Å²) in [4.78, 5) is 28.6. The number of halogens is 1. The van der Waals surface area contributed by atoms with E-state index in [-0.39, 0.29) is 17.4 Å². The second-order valence-corrected chi connectivity index (χ2v) is 8.88. The number of aryl methyl sites for hydroxylation is 2. The minimum absolute atomic E-state index is 0.0683. The monoisotopic (exact) mass is 458 g/mol. The molecule has 0 spiro atoms. The number of hydrogen-bond acceptors (Lipinski definition) is 2. The number of nitrogens with one attached hydrogen (secondary N) is 1. The summed E-state index contributed by atoms with van der Waals surface area (Å²) >= 11 is 0. The van der Waals surface area contributed by atoms with E-state index in [1.807, 2.05) is 36.4 Å². The summed E-state index contributed by atoms with van der Waals surface area (Å²) in [6.45, 7) is 3.21. The van der Waals surface area contributed by atoms with E-state index in [0.717, 1.165) is 30.5 Å². The number of nitrogens with zero attached hydrogens (tertiary/aromatic N) is 1. The average Bonchev–Trinajstić information content (AvgIpc) is 3.34. The predicted octanol–water partition coefficient (Wildman–Crippen LogP) is 5.73. The molecular formula is C29H31FN2O2. The Balaban J connectivity index is 1.62. The third-order valence-electron chi connectivity index (χ3n) is 6.70. The van der Waals surface area contributed by atoms with Crippen molar-refractivity contribution in [2.24, 2.45) is 5.92 Å². The van der Waals surface area contributed by atoms with Crippen LogP contribution in [-0.2, 0) is 22.4 Å². The molecule has 5 heteroatoms. The molecule has 0 radical (unpaired) electrons. The van der Waals surface area contributed by atoms with Crippen LogP contribution in [0.25, 0.3) is 0 Å². The molecule has 0 aromatic heterocycles. The topological polar surface area (TPSA) is 49.4 Å². The van der Waals surface area contributed by atoms with Crippen LogP contribution in [0.4, 0.5) is 10.1 Å². The fraction of sp³-hybridized carbons (Fsp3) is 0.310. The minimum atomic E-state index is -0.871. The van der Waals surface area contributed by atoms with Crippen LogP contribution >= 0.6 is 0 Å². The second-order valence-electron chi connectivity index (χ2n) is 8.88. The van der Waals surface area contributed by atoms with Crippen LogP contribution in [0.15, 0.2) is 85.0 Å². The first-order chi connectivity index (χ1) is 16.6. The molecule has 2 aromatic carbocycles. The van der Waals surface area contributed by atoms with Gasteiger partial charge in [0.1, 0.15) is 6.67 Å². The lowest BCUT2D eigenvalue weighted by atomic mass is 9.83. The molecule has 0 unspecified atom stereocenters. The number of allylic oxidation sites excluding steroid dienone is 4. The van der Waals surface area contributed by atoms with Crippen LogP contribution in [-0.4, -0.2) is 29.9 Å². The maximum atomic E-state index is 13.8. The number of fused-ring (bicyclic) bond motifs is 1. The third-order valence-corrected chi connectivity index (χ3v) is 6.70. The van der Waals surface area contributed by atoms with Crippen molar-refractivity contribution in [2.75, 3.05) is 18.5 Å². The smallest absolute Gasteiger partial charge is 0.252 e. The van der Waals surface area contributed by atoms with Gasteiger partial charge in [-0.2, -0.15) is 0 Å². The van der Waals surface area contributed by atoms with Crippen molar-refractivity contribution in [3.8, 4) is 0 Å². The molecule has 4 nitrogen and oxygen atoms in total. The lowest BCUT2D eigenvalue weighted by molar-refractivity contribution is -0.136. The van der Waals surface area contributed by atoms with Gasteiger partial charge in [-0.25, -0.2) is 4.39 Å². The second kappa shape index (κ2) is 11.1. The Morgan fingerprint density at radius 2 is 1.85 bits per heavy atom. The molecule has 0 saturated carbocycles. The van der Waals surface area contributed by atoms with E-state index in [2.05, 4.69) is 24.0 Å². The zero-order valence-corrected chi connectivity index (χ0v) is 19.4. The molecular weight excluding hydrogens is 427 g/mol. The van der Waals surface area contributed by atoms with Gasteiger partial charge in [0.2, 0.25) is 5.91 Å². The fourth-order valence-electron chi connectivity index (χ4n) is 5.05. The van der Waals surface area contributed by atoms with Crippen LogP contribution in [0.1, 0.15) is 42.0 Å². The van der Waals surface area contributed by atoms with Crippen molar-refractivity contribution in [3.63, 3.8) is 0 Å². The van der Waals surface area contributed by atoms with Crippen LogP contribution in [0.5, 0.6) is 0 Å². The summed E-state index contributed by atoms with van der Waals surface area (Å²) in [5.41, 5.74) is 4.39. The first-order valence-electron chi connectivity index (χ1n) is 11.9. The molecule has 0 bridgehead atoms. The van der Waals surface area contributed by atoms with E-state index >= 15 is 0 Å². The first kappa shape index (κ1) is 23.7. The number of rotatable bonds is 7. The Bertz CT molecular complexity index is 1110. The highest BCUT2D eigenvalue weighted by atomic mass is 19.1. The van der Waals surface area contributed by atoms with E-state index in [4.69, 9.17) is 0 Å². The van der Waals surface area contributed by atoms with Gasteiger partial charge in [-0.05, 0) is 60.9 Å². The average molecular weight is 459 g/mol. The van der Waals surface area contributed by atoms with Gasteiger partial charge in [0.25, 0.3) is 5.91 Å². The van der Waals surface area contributed by atoms with Crippen molar-refractivity contribution in [3.05, 3.63) is 102 Å². The Morgan fingerprint density at radius 3 is 2.62 bits per heavy atom. The lowest BCUT2D eigenvalue weighted by Gasteiger charge is -2.41. The summed E-state index contributed by atoms with van der Waals surface area (Å²) in [6.07, 6.45) is 10.9. The third kappa shape index (κ3) is 5.19. The number of hydrogen-bond donors (Lipinski definition) is 1. The number of alkyl halides is 1. The molecule has 176 valence electrons. The van der Waals surface area contributed by atoms with Gasteiger partial charge in [0.05, 0.1) is 12.0 Å². The molecule has 1 N–H and O–H groups in total. The quantitative estimate of drug-likeness (QED) is 0.425. The molecule has 1 heterocycles. The summed E-state index contributed by atoms with van der Waals surface area (Å²) in [7, 11) is 0. The zero-order chi connectivity index (χ0) is 23.9. The molecule has 1 aliphatic carbocycles. The van der Waals surface area contributed by atoms with Gasteiger partial charge >= 0.3 is 0 Å². The molecule has 1 fully saturated rings. The van der Waals surface area contributed by atoms with Gasteiger partial charge < -0.3 is 10.2 Å². The Kier molecular flexibility index (Phi) is 7.73. The molecule has 2 aliphatic rings. The number of piperidine rings is 1. The summed E-state index contributed by atoms with van der Waals surface area (Å²) in [6, 6.07) is 15.2. The van der Waals surface area contributed by atoms with Crippen LogP contribution in [0.3, 0.4) is 0 Å². The molecule has 34 heavy (non-hydrogen) atoms. The number of carbonyl (C=O) groups excluding carboxylic acids is 2. The van der Waals surface area contributed by atoms with Gasteiger partial charge in [-0.3, -0.25) is 9.59 Å². The predicted molar refractivity (Wildman–Crippen MR) is 134 cm³/mol. The Morgan fingerprint density at radius 1 is 1.06 bits per heavy atom. The summed E-state index contributed by atoms with van der Waals surface area (Å²) in [5.74, 6) is -0.917. The minimum Gasteiger partial charge on any atom is -0.331 e. The number of likely N-dealkylation sites (tertiary alicyclic amines) is 1. The normalized spacial score (nSPS) is 20.3. The van der Waals surface area contributed by atoms with E-state index in [0.29, 0.717) is 19.4 Å². The molecule has 2 atom stereocenters. The van der Waals surface area contributed by atoms with Crippen LogP contribution < -0.4 is 5.32 Å². The summed E-state index contributed by atoms with van der Waals surface area (Å²) < 4.78 is 13.8. The van der Waals surface area contributed by atoms with E-state index in [9.17, 15) is 14.0 Å². The first-order valence-corrected chi connectivity index (χ1v) is 11.9. The van der Waals surface area contributed by atoms with Gasteiger partial charge in [0, 0.05) is 17.8 Å². The Hall–Kier alpha value is -3.47. The Labute approximate surface area is 200 Å². The maximum Gasteiger partial charge on any atom is 0.252 e. The van der Waals surface area contributed by atoms with Crippen molar-refractivity contribution in [2.45, 2.75) is 38.1 Å². The van der Waals surface area contributed by atoms with Crippen LogP contribution in [0.2, 0.25) is 0 Å². The summed E-state index contributed by atoms with van der Waals surface area (Å²) in [5, 5.41) is 3.10. The van der Waals surface area contributed by atoms with Crippen molar-refractivity contribution < 1.29 is 14.0 Å². The van der Waals surface area contributed by atoms with Gasteiger partial charge in [-0.15, -0.1) is 0 Å². The molecule has 2 aromatic rings. The van der Waals surface area contributed by atoms with Crippen molar-refractivity contribution in [1.82, 2.24) is 4.90 Å². The largest absolute Gasteiger partial charge is 0.331 e. The maximum absolute atomic E-state index is 13.8.